The number of hydrogen-bond donors (Lipinski definition) is 1. The van der Waals surface area contributed by atoms with E-state index in [1.54, 1.807) is 42.2 Å². The van der Waals surface area contributed by atoms with Gasteiger partial charge in [0, 0.05) is 13.0 Å². The van der Waals surface area contributed by atoms with Crippen LogP contribution < -0.4 is 10.1 Å². The number of benzene rings is 2. The highest BCUT2D eigenvalue weighted by Crippen LogP contribution is 2.34. The second-order valence-electron chi connectivity index (χ2n) is 7.10. The van der Waals surface area contributed by atoms with Crippen LogP contribution in [0.15, 0.2) is 59.5 Å². The van der Waals surface area contributed by atoms with Crippen molar-refractivity contribution in [3.8, 4) is 5.75 Å². The zero-order chi connectivity index (χ0) is 24.0. The lowest BCUT2D eigenvalue weighted by atomic mass is 10.1. The molecule has 5 nitrogen and oxygen atoms in total. The topological polar surface area (TPSA) is 58.6 Å². The average Bonchev–Trinajstić information content (AvgIpc) is 3.05. The van der Waals surface area contributed by atoms with Gasteiger partial charge in [0.1, 0.15) is 10.1 Å². The van der Waals surface area contributed by atoms with Gasteiger partial charge in [0.25, 0.3) is 5.91 Å². The molecular formula is C23H21Cl3N2O3S2. The summed E-state index contributed by atoms with van der Waals surface area (Å²) in [6, 6.07) is 16.8. The summed E-state index contributed by atoms with van der Waals surface area (Å²) < 4.78 is 4.35. The number of amides is 2. The van der Waals surface area contributed by atoms with E-state index >= 15 is 0 Å². The number of nitrogens with zero attached hydrogens (tertiary/aromatic N) is 1. The monoisotopic (exact) mass is 542 g/mol. The van der Waals surface area contributed by atoms with Gasteiger partial charge >= 0.3 is 0 Å². The standard InChI is InChI=1S/C23H21Cl3N2O3S2/c1-2-19(29)27-21(23(24,25)26)31-17-10-8-16(9-11-17)14-18-20(30)28(22(32)33-18)13-12-15-6-4-3-5-7-15/h3-11,14,21H,2,12-13H2,1H3,(H,27,29)/b18-14-. The zero-order valence-corrected chi connectivity index (χ0v) is 21.5. The number of rotatable bonds is 8. The summed E-state index contributed by atoms with van der Waals surface area (Å²) in [4.78, 5) is 26.7. The highest BCUT2D eigenvalue weighted by molar-refractivity contribution is 8.26. The summed E-state index contributed by atoms with van der Waals surface area (Å²) in [5.74, 6) is -0.0210. The quantitative estimate of drug-likeness (QED) is 0.199. The summed E-state index contributed by atoms with van der Waals surface area (Å²) in [5.41, 5.74) is 1.93. The van der Waals surface area contributed by atoms with Crippen LogP contribution in [0.1, 0.15) is 24.5 Å². The Balaban J connectivity index is 1.65. The van der Waals surface area contributed by atoms with Gasteiger partial charge < -0.3 is 10.1 Å². The van der Waals surface area contributed by atoms with Crippen molar-refractivity contribution >= 4 is 81.0 Å². The molecule has 2 aromatic rings. The molecule has 0 bridgehead atoms. The molecule has 1 aliphatic heterocycles. The first-order valence-electron chi connectivity index (χ1n) is 10.1. The Bertz CT molecular complexity index is 1040. The number of carbonyl (C=O) groups is 2. The molecule has 1 atom stereocenters. The van der Waals surface area contributed by atoms with Crippen LogP contribution in [0.5, 0.6) is 5.75 Å². The Morgan fingerprint density at radius 3 is 2.45 bits per heavy atom. The number of alkyl halides is 3. The average molecular weight is 544 g/mol. The van der Waals surface area contributed by atoms with Gasteiger partial charge in [-0.05, 0) is 35.8 Å². The fraction of sp³-hybridized carbons (Fsp3) is 0.261. The second kappa shape index (κ2) is 11.6. The van der Waals surface area contributed by atoms with E-state index in [0.717, 1.165) is 17.5 Å². The molecule has 0 saturated carbocycles. The van der Waals surface area contributed by atoms with Gasteiger partial charge in [-0.15, -0.1) is 0 Å². The maximum Gasteiger partial charge on any atom is 0.266 e. The molecule has 33 heavy (non-hydrogen) atoms. The van der Waals surface area contributed by atoms with Crippen molar-refractivity contribution in [3.05, 3.63) is 70.6 Å². The molecule has 174 valence electrons. The third-order valence-corrected chi connectivity index (χ3v) is 6.66. The van der Waals surface area contributed by atoms with Crippen molar-refractivity contribution in [1.82, 2.24) is 10.2 Å². The van der Waals surface area contributed by atoms with Crippen molar-refractivity contribution in [1.29, 1.82) is 0 Å². The van der Waals surface area contributed by atoms with E-state index in [1.165, 1.54) is 11.8 Å². The molecule has 0 radical (unpaired) electrons. The molecular weight excluding hydrogens is 523 g/mol. The third kappa shape index (κ3) is 7.36. The number of carbonyl (C=O) groups excluding carboxylic acids is 2. The first-order valence-corrected chi connectivity index (χ1v) is 12.5. The Labute approximate surface area is 217 Å². The van der Waals surface area contributed by atoms with E-state index in [-0.39, 0.29) is 18.2 Å². The molecule has 0 aromatic heterocycles. The molecule has 1 unspecified atom stereocenters. The molecule has 1 saturated heterocycles. The number of hydrogen-bond acceptors (Lipinski definition) is 5. The first kappa shape index (κ1) is 25.8. The van der Waals surface area contributed by atoms with Crippen LogP contribution >= 0.6 is 58.8 Å². The lowest BCUT2D eigenvalue weighted by Gasteiger charge is -2.26. The van der Waals surface area contributed by atoms with Crippen molar-refractivity contribution in [3.63, 3.8) is 0 Å². The Morgan fingerprint density at radius 1 is 1.18 bits per heavy atom. The minimum Gasteiger partial charge on any atom is -0.466 e. The number of ether oxygens (including phenoxy) is 1. The molecule has 0 spiro atoms. The Hall–Kier alpha value is -1.77. The lowest BCUT2D eigenvalue weighted by molar-refractivity contribution is -0.123. The van der Waals surface area contributed by atoms with Crippen LogP contribution in [0.4, 0.5) is 0 Å². The summed E-state index contributed by atoms with van der Waals surface area (Å²) in [5, 5.41) is 2.53. The smallest absolute Gasteiger partial charge is 0.266 e. The summed E-state index contributed by atoms with van der Waals surface area (Å²) >= 11 is 24.5. The molecule has 1 fully saturated rings. The molecule has 0 aliphatic carbocycles. The van der Waals surface area contributed by atoms with Gasteiger partial charge in [-0.3, -0.25) is 14.5 Å². The highest BCUT2D eigenvalue weighted by Gasteiger charge is 2.36. The maximum atomic E-state index is 12.8. The van der Waals surface area contributed by atoms with Gasteiger partial charge in [-0.2, -0.15) is 0 Å². The Morgan fingerprint density at radius 2 is 1.85 bits per heavy atom. The number of thiocarbonyl (C=S) groups is 1. The molecule has 1 aliphatic rings. The van der Waals surface area contributed by atoms with E-state index in [2.05, 4.69) is 5.32 Å². The van der Waals surface area contributed by atoms with E-state index in [0.29, 0.717) is 21.5 Å². The van der Waals surface area contributed by atoms with Crippen LogP contribution in [-0.4, -0.2) is 37.6 Å². The van der Waals surface area contributed by atoms with Gasteiger partial charge in [0.15, 0.2) is 0 Å². The van der Waals surface area contributed by atoms with Crippen molar-refractivity contribution in [2.45, 2.75) is 29.8 Å². The predicted octanol–water partition coefficient (Wildman–Crippen LogP) is 5.73. The molecule has 2 aromatic carbocycles. The Kier molecular flexibility index (Phi) is 9.07. The highest BCUT2D eigenvalue weighted by atomic mass is 35.6. The normalized spacial score (nSPS) is 16.2. The van der Waals surface area contributed by atoms with E-state index < -0.39 is 10.0 Å². The molecule has 10 heteroatoms. The van der Waals surface area contributed by atoms with Crippen LogP contribution in [-0.2, 0) is 16.0 Å². The fourth-order valence-electron chi connectivity index (χ4n) is 2.93. The zero-order valence-electron chi connectivity index (χ0n) is 17.6. The summed E-state index contributed by atoms with van der Waals surface area (Å²) in [7, 11) is 0. The second-order valence-corrected chi connectivity index (χ2v) is 11.1. The van der Waals surface area contributed by atoms with Gasteiger partial charge in [-0.1, -0.05) is 108 Å². The minimum absolute atomic E-state index is 0.111. The largest absolute Gasteiger partial charge is 0.466 e. The fourth-order valence-corrected chi connectivity index (χ4v) is 4.54. The van der Waals surface area contributed by atoms with Crippen LogP contribution in [0.2, 0.25) is 0 Å². The minimum atomic E-state index is -1.85. The van der Waals surface area contributed by atoms with E-state index in [4.69, 9.17) is 51.8 Å². The number of nitrogens with one attached hydrogen (secondary N) is 1. The molecule has 1 heterocycles. The van der Waals surface area contributed by atoms with Gasteiger partial charge in [0.2, 0.25) is 15.9 Å². The van der Waals surface area contributed by atoms with Gasteiger partial charge in [0.05, 0.1) is 4.91 Å². The molecule has 1 N–H and O–H groups in total. The molecule has 3 rings (SSSR count). The number of halogens is 3. The maximum absolute atomic E-state index is 12.8. The van der Waals surface area contributed by atoms with Crippen molar-refractivity contribution < 1.29 is 14.3 Å². The predicted molar refractivity (Wildman–Crippen MR) is 140 cm³/mol. The van der Waals surface area contributed by atoms with E-state index in [1.807, 2.05) is 30.3 Å². The SMILES string of the molecule is CCC(=O)NC(Oc1ccc(/C=C2\SC(=S)N(CCc3ccccc3)C2=O)cc1)C(Cl)(Cl)Cl. The van der Waals surface area contributed by atoms with Crippen molar-refractivity contribution in [2.24, 2.45) is 0 Å². The van der Waals surface area contributed by atoms with Crippen LogP contribution in [0.3, 0.4) is 0 Å². The van der Waals surface area contributed by atoms with E-state index in [9.17, 15) is 9.59 Å². The lowest BCUT2D eigenvalue weighted by Crippen LogP contribution is -2.47. The van der Waals surface area contributed by atoms with Crippen molar-refractivity contribution in [2.75, 3.05) is 6.54 Å². The number of thioether (sulfide) groups is 1. The first-order chi connectivity index (χ1) is 15.7. The third-order valence-electron chi connectivity index (χ3n) is 4.68. The van der Waals surface area contributed by atoms with Crippen LogP contribution in [0, 0.1) is 0 Å². The summed E-state index contributed by atoms with van der Waals surface area (Å²) in [6.45, 7) is 2.21. The summed E-state index contributed by atoms with van der Waals surface area (Å²) in [6.07, 6.45) is 1.58. The van der Waals surface area contributed by atoms with Crippen LogP contribution in [0.25, 0.3) is 6.08 Å². The van der Waals surface area contributed by atoms with Gasteiger partial charge in [-0.25, -0.2) is 0 Å². The molecule has 2 amide bonds.